The van der Waals surface area contributed by atoms with Crippen molar-refractivity contribution in [2.45, 2.75) is 64.0 Å². The Morgan fingerprint density at radius 3 is 2.36 bits per heavy atom. The number of carbonyl (C=O) groups is 3. The quantitative estimate of drug-likeness (QED) is 0.759. The van der Waals surface area contributed by atoms with Crippen LogP contribution in [0.25, 0.3) is 0 Å². The molecule has 7 heteroatoms. The molecule has 2 rings (SSSR count). The van der Waals surface area contributed by atoms with Gasteiger partial charge < -0.3 is 15.0 Å². The summed E-state index contributed by atoms with van der Waals surface area (Å²) in [5, 5.41) is 12.3. The van der Waals surface area contributed by atoms with Gasteiger partial charge in [0.25, 0.3) is 5.91 Å². The zero-order valence-electron chi connectivity index (χ0n) is 16.7. The lowest BCUT2D eigenvalue weighted by Crippen LogP contribution is -2.53. The molecule has 0 bridgehead atoms. The summed E-state index contributed by atoms with van der Waals surface area (Å²) in [6.07, 6.45) is 3.24. The summed E-state index contributed by atoms with van der Waals surface area (Å²) < 4.78 is 5.30. The van der Waals surface area contributed by atoms with Gasteiger partial charge in [0.05, 0.1) is 12.5 Å². The molecule has 1 N–H and O–H groups in total. The summed E-state index contributed by atoms with van der Waals surface area (Å²) in [5.41, 5.74) is 0.548. The summed E-state index contributed by atoms with van der Waals surface area (Å²) in [4.78, 5) is 37.4. The molecule has 150 valence electrons. The Bertz CT molecular complexity index is 761. The first-order valence-corrected chi connectivity index (χ1v) is 9.52. The molecule has 1 aromatic rings. The highest BCUT2D eigenvalue weighted by molar-refractivity contribution is 5.88. The molecule has 0 aromatic heterocycles. The molecule has 1 fully saturated rings. The van der Waals surface area contributed by atoms with Crippen LogP contribution < -0.4 is 5.32 Å². The van der Waals surface area contributed by atoms with Crippen molar-refractivity contribution in [3.05, 3.63) is 29.8 Å². The number of rotatable bonds is 6. The molecule has 0 aliphatic heterocycles. The van der Waals surface area contributed by atoms with Crippen molar-refractivity contribution in [3.8, 4) is 6.07 Å². The highest BCUT2D eigenvalue weighted by Gasteiger charge is 2.40. The fourth-order valence-electron chi connectivity index (χ4n) is 3.51. The molecule has 0 heterocycles. The van der Waals surface area contributed by atoms with E-state index in [4.69, 9.17) is 4.74 Å². The van der Waals surface area contributed by atoms with E-state index in [0.717, 1.165) is 19.3 Å². The number of esters is 1. The van der Waals surface area contributed by atoms with Crippen molar-refractivity contribution in [2.24, 2.45) is 0 Å². The zero-order valence-corrected chi connectivity index (χ0v) is 16.7. The second kappa shape index (κ2) is 9.36. The van der Waals surface area contributed by atoms with E-state index in [1.54, 1.807) is 31.3 Å². The standard InChI is InChI=1S/C21H27N3O4/c1-15(20(27)24(3)21(14-22)11-5-4-6-12-21)28-19(26)13-17-7-9-18(10-8-17)23-16(2)25/h7-10,15H,4-6,11-13H2,1-3H3,(H,23,25)/t15-/m0/s1. The Balaban J connectivity index is 1.93. The number of nitrogens with zero attached hydrogens (tertiary/aromatic N) is 2. The summed E-state index contributed by atoms with van der Waals surface area (Å²) in [5.74, 6) is -1.05. The van der Waals surface area contributed by atoms with Gasteiger partial charge in [-0.05, 0) is 37.5 Å². The topological polar surface area (TPSA) is 99.5 Å². The molecule has 1 atom stereocenters. The Labute approximate surface area is 165 Å². The van der Waals surface area contributed by atoms with Gasteiger partial charge in [-0.1, -0.05) is 31.4 Å². The number of anilines is 1. The van der Waals surface area contributed by atoms with Gasteiger partial charge in [0.2, 0.25) is 5.91 Å². The number of benzene rings is 1. The third kappa shape index (κ3) is 5.32. The van der Waals surface area contributed by atoms with Gasteiger partial charge in [-0.25, -0.2) is 0 Å². The summed E-state index contributed by atoms with van der Waals surface area (Å²) >= 11 is 0. The monoisotopic (exact) mass is 385 g/mol. The average molecular weight is 385 g/mol. The Morgan fingerprint density at radius 1 is 1.21 bits per heavy atom. The van der Waals surface area contributed by atoms with Crippen molar-refractivity contribution in [2.75, 3.05) is 12.4 Å². The SMILES string of the molecule is CC(=O)Nc1ccc(CC(=O)O[C@@H](C)C(=O)N(C)C2(C#N)CCCCC2)cc1. The summed E-state index contributed by atoms with van der Waals surface area (Å²) in [6.45, 7) is 2.95. The van der Waals surface area contributed by atoms with Crippen LogP contribution in [0.1, 0.15) is 51.5 Å². The van der Waals surface area contributed by atoms with Crippen LogP contribution in [0.2, 0.25) is 0 Å². The Hall–Kier alpha value is -2.88. The largest absolute Gasteiger partial charge is 0.452 e. The molecule has 0 unspecified atom stereocenters. The van der Waals surface area contributed by atoms with Crippen LogP contribution >= 0.6 is 0 Å². The fraction of sp³-hybridized carbons (Fsp3) is 0.524. The fourth-order valence-corrected chi connectivity index (χ4v) is 3.51. The molecule has 7 nitrogen and oxygen atoms in total. The van der Waals surface area contributed by atoms with Gasteiger partial charge in [0, 0.05) is 19.7 Å². The van der Waals surface area contributed by atoms with Crippen LogP contribution in [0.4, 0.5) is 5.69 Å². The normalized spacial score (nSPS) is 16.4. The number of hydrogen-bond acceptors (Lipinski definition) is 5. The lowest BCUT2D eigenvalue weighted by Gasteiger charge is -2.39. The predicted octanol–water partition coefficient (Wildman–Crippen LogP) is 2.80. The lowest BCUT2D eigenvalue weighted by atomic mass is 9.81. The Kier molecular flexibility index (Phi) is 7.16. The first-order valence-electron chi connectivity index (χ1n) is 9.52. The van der Waals surface area contributed by atoms with Gasteiger partial charge >= 0.3 is 5.97 Å². The Morgan fingerprint density at radius 2 is 1.82 bits per heavy atom. The van der Waals surface area contributed by atoms with Crippen LogP contribution in [0.3, 0.4) is 0 Å². The molecule has 1 aliphatic carbocycles. The zero-order chi connectivity index (χ0) is 20.7. The predicted molar refractivity (Wildman–Crippen MR) is 104 cm³/mol. The van der Waals surface area contributed by atoms with Crippen LogP contribution in [0.15, 0.2) is 24.3 Å². The van der Waals surface area contributed by atoms with Gasteiger partial charge in [-0.3, -0.25) is 14.4 Å². The number of nitrogens with one attached hydrogen (secondary N) is 1. The van der Waals surface area contributed by atoms with Gasteiger partial charge in [0.1, 0.15) is 5.54 Å². The maximum absolute atomic E-state index is 12.7. The minimum atomic E-state index is -0.955. The molecule has 1 saturated carbocycles. The number of carbonyl (C=O) groups excluding carboxylic acids is 3. The smallest absolute Gasteiger partial charge is 0.311 e. The molecule has 1 aliphatic rings. The summed E-state index contributed by atoms with van der Waals surface area (Å²) in [6, 6.07) is 9.14. The van der Waals surface area contributed by atoms with E-state index in [0.29, 0.717) is 24.1 Å². The molecule has 28 heavy (non-hydrogen) atoms. The molecule has 0 radical (unpaired) electrons. The van der Waals surface area contributed by atoms with E-state index >= 15 is 0 Å². The molecular weight excluding hydrogens is 358 g/mol. The number of nitriles is 1. The van der Waals surface area contributed by atoms with E-state index in [1.807, 2.05) is 0 Å². The summed E-state index contributed by atoms with van der Waals surface area (Å²) in [7, 11) is 1.61. The van der Waals surface area contributed by atoms with E-state index < -0.39 is 17.6 Å². The number of hydrogen-bond donors (Lipinski definition) is 1. The number of likely N-dealkylation sites (N-methyl/N-ethyl adjacent to an activating group) is 1. The van der Waals surface area contributed by atoms with Crippen molar-refractivity contribution >= 4 is 23.5 Å². The molecule has 0 saturated heterocycles. The highest BCUT2D eigenvalue weighted by atomic mass is 16.5. The number of amides is 2. The molecule has 2 amide bonds. The maximum Gasteiger partial charge on any atom is 0.311 e. The molecular formula is C21H27N3O4. The third-order valence-electron chi connectivity index (χ3n) is 5.14. The van der Waals surface area contributed by atoms with E-state index in [2.05, 4.69) is 11.4 Å². The molecule has 1 aromatic carbocycles. The average Bonchev–Trinajstić information content (AvgIpc) is 2.68. The van der Waals surface area contributed by atoms with Crippen molar-refractivity contribution in [1.29, 1.82) is 5.26 Å². The van der Waals surface area contributed by atoms with Gasteiger partial charge in [-0.15, -0.1) is 0 Å². The number of ether oxygens (including phenoxy) is 1. The van der Waals surface area contributed by atoms with Crippen molar-refractivity contribution < 1.29 is 19.1 Å². The van der Waals surface area contributed by atoms with E-state index in [9.17, 15) is 19.6 Å². The van der Waals surface area contributed by atoms with Crippen LogP contribution in [-0.4, -0.2) is 41.4 Å². The second-order valence-electron chi connectivity index (χ2n) is 7.29. The lowest BCUT2D eigenvalue weighted by molar-refractivity contribution is -0.160. The van der Waals surface area contributed by atoms with E-state index in [-0.39, 0.29) is 18.2 Å². The maximum atomic E-state index is 12.7. The highest BCUT2D eigenvalue weighted by Crippen LogP contribution is 2.32. The van der Waals surface area contributed by atoms with Crippen molar-refractivity contribution in [3.63, 3.8) is 0 Å². The second-order valence-corrected chi connectivity index (χ2v) is 7.29. The first-order chi connectivity index (χ1) is 13.3. The minimum Gasteiger partial charge on any atom is -0.452 e. The third-order valence-corrected chi connectivity index (χ3v) is 5.14. The first kappa shape index (κ1) is 21.4. The van der Waals surface area contributed by atoms with Crippen molar-refractivity contribution in [1.82, 2.24) is 4.90 Å². The van der Waals surface area contributed by atoms with E-state index in [1.165, 1.54) is 18.7 Å². The van der Waals surface area contributed by atoms with Crippen LogP contribution in [-0.2, 0) is 25.5 Å². The minimum absolute atomic E-state index is 0.0189. The van der Waals surface area contributed by atoms with Gasteiger partial charge in [0.15, 0.2) is 6.10 Å². The van der Waals surface area contributed by atoms with Crippen LogP contribution in [0.5, 0.6) is 0 Å². The molecule has 0 spiro atoms. The van der Waals surface area contributed by atoms with Crippen LogP contribution in [0, 0.1) is 11.3 Å². The van der Waals surface area contributed by atoms with Gasteiger partial charge in [-0.2, -0.15) is 5.26 Å².